The van der Waals surface area contributed by atoms with Crippen molar-refractivity contribution in [1.82, 2.24) is 9.80 Å². The summed E-state index contributed by atoms with van der Waals surface area (Å²) in [5, 5.41) is 0. The maximum atomic E-state index is 12.5. The lowest BCUT2D eigenvalue weighted by atomic mass is 10.1. The maximum absolute atomic E-state index is 12.5. The highest BCUT2D eigenvalue weighted by Gasteiger charge is 2.31. The molecule has 1 saturated heterocycles. The molecule has 2 aromatic carbocycles. The zero-order valence-electron chi connectivity index (χ0n) is 21.7. The van der Waals surface area contributed by atoms with Crippen LogP contribution in [0.2, 0.25) is 0 Å². The first-order valence-corrected chi connectivity index (χ1v) is 12.4. The van der Waals surface area contributed by atoms with Crippen LogP contribution in [0.5, 0.6) is 11.5 Å². The predicted octanol–water partition coefficient (Wildman–Crippen LogP) is 5.09. The maximum Gasteiger partial charge on any atom is 0.573 e. The van der Waals surface area contributed by atoms with Crippen molar-refractivity contribution in [2.45, 2.75) is 33.4 Å². The first-order valence-electron chi connectivity index (χ1n) is 12.4. The molecule has 206 valence electrons. The molecular weight excluding hydrogens is 513 g/mol. The molecule has 0 unspecified atom stereocenters. The second kappa shape index (κ2) is 12.2. The molecule has 0 atom stereocenters. The SMILES string of the molecule is Cc1cc(C)cc(COc2coc(CN3CCN(C(=O)C=Cc4ccc(OC(F)(F)F)cc4)CC3)cc2=O)c1. The van der Waals surface area contributed by atoms with Crippen LogP contribution in [0.25, 0.3) is 6.08 Å². The van der Waals surface area contributed by atoms with Gasteiger partial charge in [0.1, 0.15) is 24.4 Å². The van der Waals surface area contributed by atoms with Crippen LogP contribution in [0.3, 0.4) is 0 Å². The molecular formula is C29H29F3N2O5. The minimum Gasteiger partial charge on any atom is -0.482 e. The zero-order valence-corrected chi connectivity index (χ0v) is 21.7. The number of rotatable bonds is 8. The number of halogens is 3. The Bertz CT molecular complexity index is 1350. The Labute approximate surface area is 224 Å². The summed E-state index contributed by atoms with van der Waals surface area (Å²) in [4.78, 5) is 28.8. The Kier molecular flexibility index (Phi) is 8.75. The molecule has 0 bridgehead atoms. The Balaban J connectivity index is 1.24. The summed E-state index contributed by atoms with van der Waals surface area (Å²) in [5.41, 5.74) is 3.56. The number of carbonyl (C=O) groups excluding carboxylic acids is 1. The van der Waals surface area contributed by atoms with Crippen LogP contribution in [0.15, 0.2) is 70.1 Å². The van der Waals surface area contributed by atoms with Gasteiger partial charge in [-0.3, -0.25) is 14.5 Å². The normalized spacial score (nSPS) is 14.5. The third-order valence-corrected chi connectivity index (χ3v) is 6.12. The first-order chi connectivity index (χ1) is 18.5. The molecule has 0 radical (unpaired) electrons. The Hall–Kier alpha value is -4.05. The Morgan fingerprint density at radius 1 is 1.00 bits per heavy atom. The van der Waals surface area contributed by atoms with Crippen molar-refractivity contribution in [1.29, 1.82) is 0 Å². The number of alkyl halides is 3. The average molecular weight is 543 g/mol. The first kappa shape index (κ1) is 28.0. The van der Waals surface area contributed by atoms with E-state index in [1.807, 2.05) is 26.0 Å². The molecule has 0 spiro atoms. The largest absolute Gasteiger partial charge is 0.573 e. The number of nitrogens with zero attached hydrogens (tertiary/aromatic N) is 2. The van der Waals surface area contributed by atoms with Crippen molar-refractivity contribution in [2.24, 2.45) is 0 Å². The molecule has 1 amide bonds. The smallest absolute Gasteiger partial charge is 0.482 e. The molecule has 10 heteroatoms. The van der Waals surface area contributed by atoms with Gasteiger partial charge in [0.15, 0.2) is 0 Å². The number of benzene rings is 2. The number of carbonyl (C=O) groups is 1. The summed E-state index contributed by atoms with van der Waals surface area (Å²) in [5.74, 6) is 0.151. The van der Waals surface area contributed by atoms with E-state index in [2.05, 4.69) is 15.7 Å². The summed E-state index contributed by atoms with van der Waals surface area (Å²) in [7, 11) is 0. The molecule has 1 aliphatic rings. The Morgan fingerprint density at radius 3 is 2.28 bits per heavy atom. The molecule has 7 nitrogen and oxygen atoms in total. The van der Waals surface area contributed by atoms with Gasteiger partial charge in [0.2, 0.25) is 17.1 Å². The van der Waals surface area contributed by atoms with Gasteiger partial charge in [-0.15, -0.1) is 13.2 Å². The molecule has 4 rings (SSSR count). The fourth-order valence-electron chi connectivity index (χ4n) is 4.34. The highest BCUT2D eigenvalue weighted by molar-refractivity contribution is 5.91. The molecule has 1 aliphatic heterocycles. The highest BCUT2D eigenvalue weighted by Crippen LogP contribution is 2.23. The van der Waals surface area contributed by atoms with Crippen molar-refractivity contribution < 1.29 is 31.9 Å². The summed E-state index contributed by atoms with van der Waals surface area (Å²) in [6.45, 7) is 6.89. The van der Waals surface area contributed by atoms with Gasteiger partial charge < -0.3 is 18.8 Å². The van der Waals surface area contributed by atoms with Gasteiger partial charge >= 0.3 is 6.36 Å². The minimum atomic E-state index is -4.75. The van der Waals surface area contributed by atoms with Crippen LogP contribution < -0.4 is 14.9 Å². The van der Waals surface area contributed by atoms with E-state index < -0.39 is 6.36 Å². The van der Waals surface area contributed by atoms with E-state index >= 15 is 0 Å². The summed E-state index contributed by atoms with van der Waals surface area (Å²) in [6, 6.07) is 12.8. The topological polar surface area (TPSA) is 72.2 Å². The fraction of sp³-hybridized carbons (Fsp3) is 0.310. The number of aryl methyl sites for hydroxylation is 2. The summed E-state index contributed by atoms with van der Waals surface area (Å²) in [6.07, 6.45) is -0.470. The lowest BCUT2D eigenvalue weighted by molar-refractivity contribution is -0.274. The van der Waals surface area contributed by atoms with E-state index in [9.17, 15) is 22.8 Å². The van der Waals surface area contributed by atoms with Gasteiger partial charge in [0.05, 0.1) is 6.54 Å². The van der Waals surface area contributed by atoms with E-state index in [4.69, 9.17) is 9.15 Å². The van der Waals surface area contributed by atoms with Gasteiger partial charge in [0, 0.05) is 38.3 Å². The van der Waals surface area contributed by atoms with E-state index in [0.717, 1.165) is 16.7 Å². The minimum absolute atomic E-state index is 0.155. The molecule has 39 heavy (non-hydrogen) atoms. The van der Waals surface area contributed by atoms with Crippen LogP contribution in [-0.2, 0) is 17.9 Å². The summed E-state index contributed by atoms with van der Waals surface area (Å²) >= 11 is 0. The van der Waals surface area contributed by atoms with Crippen LogP contribution >= 0.6 is 0 Å². The van der Waals surface area contributed by atoms with Crippen molar-refractivity contribution in [3.63, 3.8) is 0 Å². The third kappa shape index (κ3) is 8.47. The quantitative estimate of drug-likeness (QED) is 0.369. The second-order valence-electron chi connectivity index (χ2n) is 9.41. The molecule has 2 heterocycles. The molecule has 0 aliphatic carbocycles. The standard InChI is InChI=1S/C29H29F3N2O5/c1-20-13-21(2)15-23(14-20)18-38-27-19-37-25(16-26(27)35)17-33-9-11-34(12-10-33)28(36)8-5-22-3-6-24(7-4-22)39-29(30,31)32/h3-8,13-16,19H,9-12,17-18H2,1-2H3. The molecule has 0 saturated carbocycles. The summed E-state index contributed by atoms with van der Waals surface area (Å²) < 4.78 is 52.0. The number of piperazine rings is 1. The van der Waals surface area contributed by atoms with E-state index in [-0.39, 0.29) is 29.4 Å². The van der Waals surface area contributed by atoms with E-state index in [1.165, 1.54) is 42.7 Å². The van der Waals surface area contributed by atoms with Crippen LogP contribution in [-0.4, -0.2) is 48.2 Å². The van der Waals surface area contributed by atoms with Gasteiger partial charge in [-0.1, -0.05) is 41.5 Å². The van der Waals surface area contributed by atoms with Crippen molar-refractivity contribution in [3.05, 3.63) is 99.1 Å². The van der Waals surface area contributed by atoms with Crippen LogP contribution in [0.4, 0.5) is 13.2 Å². The van der Waals surface area contributed by atoms with E-state index in [0.29, 0.717) is 44.0 Å². The molecule has 3 aromatic rings. The second-order valence-corrected chi connectivity index (χ2v) is 9.41. The third-order valence-electron chi connectivity index (χ3n) is 6.12. The van der Waals surface area contributed by atoms with Gasteiger partial charge in [-0.25, -0.2) is 0 Å². The number of hydrogen-bond acceptors (Lipinski definition) is 6. The molecule has 1 fully saturated rings. The lowest BCUT2D eigenvalue weighted by Crippen LogP contribution is -2.47. The zero-order chi connectivity index (χ0) is 28.0. The molecule has 1 aromatic heterocycles. The van der Waals surface area contributed by atoms with Crippen molar-refractivity contribution >= 4 is 12.0 Å². The highest BCUT2D eigenvalue weighted by atomic mass is 19.4. The lowest BCUT2D eigenvalue weighted by Gasteiger charge is -2.33. The van der Waals surface area contributed by atoms with E-state index in [1.54, 1.807) is 11.0 Å². The fourth-order valence-corrected chi connectivity index (χ4v) is 4.34. The molecule has 0 N–H and O–H groups in total. The van der Waals surface area contributed by atoms with Crippen molar-refractivity contribution in [3.8, 4) is 11.5 Å². The van der Waals surface area contributed by atoms with Gasteiger partial charge in [-0.2, -0.15) is 0 Å². The monoisotopic (exact) mass is 542 g/mol. The number of ether oxygens (including phenoxy) is 2. The van der Waals surface area contributed by atoms with Crippen LogP contribution in [0.1, 0.15) is 28.0 Å². The van der Waals surface area contributed by atoms with Crippen molar-refractivity contribution in [2.75, 3.05) is 26.2 Å². The van der Waals surface area contributed by atoms with Crippen LogP contribution in [0, 0.1) is 13.8 Å². The van der Waals surface area contributed by atoms with Gasteiger partial charge in [0.25, 0.3) is 0 Å². The van der Waals surface area contributed by atoms with Gasteiger partial charge in [-0.05, 0) is 43.2 Å². The number of amides is 1. The Morgan fingerprint density at radius 2 is 1.67 bits per heavy atom. The number of hydrogen-bond donors (Lipinski definition) is 0. The predicted molar refractivity (Wildman–Crippen MR) is 139 cm³/mol. The average Bonchev–Trinajstić information content (AvgIpc) is 2.87.